The van der Waals surface area contributed by atoms with Gasteiger partial charge in [-0.05, 0) is 29.7 Å². The Morgan fingerprint density at radius 1 is 1.47 bits per heavy atom. The second-order valence-electron chi connectivity index (χ2n) is 5.53. The van der Waals surface area contributed by atoms with E-state index < -0.39 is 16.0 Å². The number of hydrogen-bond acceptors (Lipinski definition) is 4. The highest BCUT2D eigenvalue weighted by Crippen LogP contribution is 2.33. The Kier molecular flexibility index (Phi) is 3.72. The Bertz CT molecular complexity index is 589. The number of sulfonamides is 1. The smallest absolute Gasteiger partial charge is 0.347 e. The van der Waals surface area contributed by atoms with Gasteiger partial charge in [-0.25, -0.2) is 13.2 Å². The van der Waals surface area contributed by atoms with Crippen LogP contribution in [0.15, 0.2) is 16.3 Å². The van der Waals surface area contributed by atoms with Crippen molar-refractivity contribution in [1.82, 2.24) is 4.31 Å². The van der Waals surface area contributed by atoms with Crippen molar-refractivity contribution >= 4 is 27.3 Å². The number of piperidine rings is 1. The van der Waals surface area contributed by atoms with E-state index in [4.69, 9.17) is 5.11 Å². The van der Waals surface area contributed by atoms with Crippen LogP contribution in [0.25, 0.3) is 0 Å². The molecule has 1 aromatic rings. The summed E-state index contributed by atoms with van der Waals surface area (Å²) in [6, 6.07) is 1.38. The molecular weight excluding hydrogens is 286 g/mol. The third kappa shape index (κ3) is 2.82. The van der Waals surface area contributed by atoms with Crippen LogP contribution < -0.4 is 0 Å². The molecular formula is C12H17NO4S2. The summed E-state index contributed by atoms with van der Waals surface area (Å²) in [6.07, 6.45) is 1.78. The van der Waals surface area contributed by atoms with Crippen LogP contribution >= 0.6 is 11.3 Å². The van der Waals surface area contributed by atoms with Gasteiger partial charge in [0.05, 0.1) is 0 Å². The van der Waals surface area contributed by atoms with Gasteiger partial charge in [-0.15, -0.1) is 11.3 Å². The maximum Gasteiger partial charge on any atom is 0.347 e. The molecule has 0 amide bonds. The lowest BCUT2D eigenvalue weighted by atomic mass is 9.85. The largest absolute Gasteiger partial charge is 0.477 e. The van der Waals surface area contributed by atoms with Crippen LogP contribution in [0.1, 0.15) is 36.4 Å². The standard InChI is InChI=1S/C12H17NO4S2/c1-12(2)5-3-6-13(8-12)19(16,17)9-4-7-18-10(9)11(14)15/h4,7H,3,5-6,8H2,1-2H3,(H,14,15). The van der Waals surface area contributed by atoms with E-state index in [-0.39, 0.29) is 15.2 Å². The van der Waals surface area contributed by atoms with Gasteiger partial charge in [-0.3, -0.25) is 0 Å². The van der Waals surface area contributed by atoms with Gasteiger partial charge in [0.2, 0.25) is 10.0 Å². The number of aromatic carboxylic acids is 1. The maximum atomic E-state index is 12.5. The lowest BCUT2D eigenvalue weighted by Crippen LogP contribution is -2.43. The molecule has 2 rings (SSSR count). The first kappa shape index (κ1) is 14.5. The van der Waals surface area contributed by atoms with Gasteiger partial charge >= 0.3 is 5.97 Å². The van der Waals surface area contributed by atoms with Crippen molar-refractivity contribution in [3.63, 3.8) is 0 Å². The van der Waals surface area contributed by atoms with Gasteiger partial charge in [0.15, 0.2) is 0 Å². The second-order valence-corrected chi connectivity index (χ2v) is 8.35. The average Bonchev–Trinajstić information content (AvgIpc) is 2.77. The van der Waals surface area contributed by atoms with Gasteiger partial charge in [-0.1, -0.05) is 13.8 Å². The van der Waals surface area contributed by atoms with Gasteiger partial charge in [0, 0.05) is 13.1 Å². The maximum absolute atomic E-state index is 12.5. The lowest BCUT2D eigenvalue weighted by Gasteiger charge is -2.37. The molecule has 106 valence electrons. The van der Waals surface area contributed by atoms with Crippen molar-refractivity contribution in [2.75, 3.05) is 13.1 Å². The summed E-state index contributed by atoms with van der Waals surface area (Å²) in [6.45, 7) is 4.95. The summed E-state index contributed by atoms with van der Waals surface area (Å²) >= 11 is 0.943. The van der Waals surface area contributed by atoms with Crippen LogP contribution in [-0.2, 0) is 10.0 Å². The van der Waals surface area contributed by atoms with E-state index in [1.54, 1.807) is 0 Å². The molecule has 1 aromatic heterocycles. The van der Waals surface area contributed by atoms with E-state index in [9.17, 15) is 13.2 Å². The molecule has 1 aliphatic heterocycles. The van der Waals surface area contributed by atoms with Crippen molar-refractivity contribution < 1.29 is 18.3 Å². The summed E-state index contributed by atoms with van der Waals surface area (Å²) < 4.78 is 26.5. The molecule has 1 saturated heterocycles. The number of thiophene rings is 1. The van der Waals surface area contributed by atoms with Crippen molar-refractivity contribution in [2.24, 2.45) is 5.41 Å². The Morgan fingerprint density at radius 3 is 2.74 bits per heavy atom. The highest BCUT2D eigenvalue weighted by atomic mass is 32.2. The van der Waals surface area contributed by atoms with Crippen molar-refractivity contribution in [3.8, 4) is 0 Å². The van der Waals surface area contributed by atoms with E-state index in [0.29, 0.717) is 13.1 Å². The molecule has 19 heavy (non-hydrogen) atoms. The molecule has 5 nitrogen and oxygen atoms in total. The van der Waals surface area contributed by atoms with Gasteiger partial charge in [-0.2, -0.15) is 4.31 Å². The Labute approximate surface area is 116 Å². The van der Waals surface area contributed by atoms with Crippen LogP contribution in [-0.4, -0.2) is 36.9 Å². The normalized spacial score (nSPS) is 20.3. The van der Waals surface area contributed by atoms with E-state index in [1.807, 2.05) is 13.8 Å². The van der Waals surface area contributed by atoms with E-state index >= 15 is 0 Å². The first-order valence-corrected chi connectivity index (χ1v) is 8.37. The van der Waals surface area contributed by atoms with Crippen molar-refractivity contribution in [1.29, 1.82) is 0 Å². The molecule has 1 fully saturated rings. The minimum atomic E-state index is -3.70. The van der Waals surface area contributed by atoms with Gasteiger partial charge in [0.1, 0.15) is 9.77 Å². The number of carboxylic acids is 1. The molecule has 2 heterocycles. The molecule has 0 atom stereocenters. The number of carboxylic acid groups (broad SMARTS) is 1. The molecule has 1 N–H and O–H groups in total. The summed E-state index contributed by atoms with van der Waals surface area (Å²) in [4.78, 5) is 10.9. The predicted octanol–water partition coefficient (Wildman–Crippen LogP) is 2.26. The number of carbonyl (C=O) groups is 1. The fourth-order valence-corrected chi connectivity index (χ4v) is 5.27. The van der Waals surface area contributed by atoms with Crippen molar-refractivity contribution in [3.05, 3.63) is 16.3 Å². The molecule has 0 unspecified atom stereocenters. The zero-order valence-corrected chi connectivity index (χ0v) is 12.6. The van der Waals surface area contributed by atoms with E-state index in [2.05, 4.69) is 0 Å². The third-order valence-corrected chi connectivity index (χ3v) is 6.23. The topological polar surface area (TPSA) is 74.7 Å². The van der Waals surface area contributed by atoms with Crippen LogP contribution in [0.4, 0.5) is 0 Å². The molecule has 0 spiro atoms. The van der Waals surface area contributed by atoms with Gasteiger partial charge < -0.3 is 5.11 Å². The molecule has 0 radical (unpaired) electrons. The highest BCUT2D eigenvalue weighted by molar-refractivity contribution is 7.89. The van der Waals surface area contributed by atoms with Crippen LogP contribution in [0.2, 0.25) is 0 Å². The second kappa shape index (κ2) is 4.88. The van der Waals surface area contributed by atoms with Crippen molar-refractivity contribution in [2.45, 2.75) is 31.6 Å². The fourth-order valence-electron chi connectivity index (χ4n) is 2.37. The van der Waals surface area contributed by atoms with Gasteiger partial charge in [0.25, 0.3) is 0 Å². The molecule has 1 aliphatic rings. The monoisotopic (exact) mass is 303 g/mol. The number of rotatable bonds is 3. The highest BCUT2D eigenvalue weighted by Gasteiger charge is 2.36. The first-order chi connectivity index (χ1) is 8.74. The molecule has 0 aromatic carbocycles. The predicted molar refractivity (Wildman–Crippen MR) is 73.1 cm³/mol. The Balaban J connectivity index is 2.37. The fraction of sp³-hybridized carbons (Fsp3) is 0.583. The van der Waals surface area contributed by atoms with Crippen LogP contribution in [0.3, 0.4) is 0 Å². The molecule has 0 aliphatic carbocycles. The third-order valence-electron chi connectivity index (χ3n) is 3.31. The summed E-state index contributed by atoms with van der Waals surface area (Å²) in [5.41, 5.74) is -0.0648. The lowest BCUT2D eigenvalue weighted by molar-refractivity contribution is 0.0698. The van der Waals surface area contributed by atoms with E-state index in [0.717, 1.165) is 24.2 Å². The number of hydrogen-bond donors (Lipinski definition) is 1. The van der Waals surface area contributed by atoms with Crippen LogP contribution in [0, 0.1) is 5.41 Å². The zero-order chi connectivity index (χ0) is 14.3. The average molecular weight is 303 g/mol. The van der Waals surface area contributed by atoms with Crippen LogP contribution in [0.5, 0.6) is 0 Å². The summed E-state index contributed by atoms with van der Waals surface area (Å²) in [5, 5.41) is 10.6. The molecule has 7 heteroatoms. The minimum Gasteiger partial charge on any atom is -0.477 e. The Morgan fingerprint density at radius 2 is 2.16 bits per heavy atom. The zero-order valence-electron chi connectivity index (χ0n) is 10.9. The SMILES string of the molecule is CC1(C)CCCN(S(=O)(=O)c2ccsc2C(=O)O)C1. The summed E-state index contributed by atoms with van der Waals surface area (Å²) in [7, 11) is -3.70. The van der Waals surface area contributed by atoms with E-state index in [1.165, 1.54) is 15.8 Å². The minimum absolute atomic E-state index is 0.0648. The number of nitrogens with zero attached hydrogens (tertiary/aromatic N) is 1. The quantitative estimate of drug-likeness (QED) is 0.929. The molecule has 0 bridgehead atoms. The molecule has 0 saturated carbocycles. The first-order valence-electron chi connectivity index (χ1n) is 6.05. The summed E-state index contributed by atoms with van der Waals surface area (Å²) in [5.74, 6) is -1.19. The Hall–Kier alpha value is -0.920.